The normalized spacial score (nSPS) is 21.6. The summed E-state index contributed by atoms with van der Waals surface area (Å²) in [4.78, 5) is 24.0. The number of aromatic amines is 1. The molecular formula is C8H10N4O2. The van der Waals surface area contributed by atoms with E-state index in [1.807, 2.05) is 0 Å². The number of primary amides is 1. The number of H-pyrrole nitrogens is 1. The molecule has 0 bridgehead atoms. The molecule has 1 aliphatic heterocycles. The number of hydrogen-bond acceptors (Lipinski definition) is 3. The van der Waals surface area contributed by atoms with Crippen LogP contribution in [0.15, 0.2) is 12.3 Å². The van der Waals surface area contributed by atoms with Crippen molar-refractivity contribution in [1.29, 1.82) is 0 Å². The Labute approximate surface area is 80.1 Å². The second kappa shape index (κ2) is 3.13. The molecule has 1 unspecified atom stereocenters. The number of nitrogens with one attached hydrogen (secondary N) is 1. The van der Waals surface area contributed by atoms with Crippen LogP contribution >= 0.6 is 0 Å². The summed E-state index contributed by atoms with van der Waals surface area (Å²) < 4.78 is 0. The molecule has 3 N–H and O–H groups in total. The molecule has 1 aliphatic rings. The van der Waals surface area contributed by atoms with Crippen molar-refractivity contribution in [3.8, 4) is 0 Å². The molecule has 2 amide bonds. The zero-order valence-corrected chi connectivity index (χ0v) is 7.43. The Morgan fingerprint density at radius 2 is 2.50 bits per heavy atom. The Morgan fingerprint density at radius 3 is 3.00 bits per heavy atom. The molecule has 14 heavy (non-hydrogen) atoms. The third kappa shape index (κ3) is 1.24. The van der Waals surface area contributed by atoms with Crippen molar-refractivity contribution >= 4 is 17.6 Å². The second-order valence-electron chi connectivity index (χ2n) is 3.18. The quantitative estimate of drug-likeness (QED) is 0.606. The molecule has 0 radical (unpaired) electrons. The van der Waals surface area contributed by atoms with Gasteiger partial charge in [0.1, 0.15) is 11.7 Å². The first kappa shape index (κ1) is 8.74. The fourth-order valence-corrected chi connectivity index (χ4v) is 1.58. The highest BCUT2D eigenvalue weighted by atomic mass is 16.2. The molecule has 1 aromatic heterocycles. The van der Waals surface area contributed by atoms with Crippen LogP contribution in [0.2, 0.25) is 0 Å². The van der Waals surface area contributed by atoms with Crippen molar-refractivity contribution in [2.24, 2.45) is 11.7 Å². The molecule has 1 atom stereocenters. The van der Waals surface area contributed by atoms with E-state index in [-0.39, 0.29) is 5.91 Å². The molecule has 74 valence electrons. The molecule has 6 heteroatoms. The van der Waals surface area contributed by atoms with Gasteiger partial charge in [-0.1, -0.05) is 0 Å². The smallest absolute Gasteiger partial charge is 0.240 e. The molecule has 1 aromatic rings. The van der Waals surface area contributed by atoms with Crippen molar-refractivity contribution in [2.75, 3.05) is 11.4 Å². The van der Waals surface area contributed by atoms with Crippen molar-refractivity contribution < 1.29 is 9.59 Å². The average Bonchev–Trinajstić information content (AvgIpc) is 2.71. The fourth-order valence-electron chi connectivity index (χ4n) is 1.58. The van der Waals surface area contributed by atoms with Crippen molar-refractivity contribution in [1.82, 2.24) is 10.2 Å². The standard InChI is InChI=1S/C8H10N4O2/c9-7(13)5-2-4-12(8(5)14)6-1-3-10-11-6/h1,3,5H,2,4H2,(H2,9,13)(H,10,11). The lowest BCUT2D eigenvalue weighted by Gasteiger charge is -2.12. The molecule has 2 heterocycles. The number of aromatic nitrogens is 2. The first-order valence-corrected chi connectivity index (χ1v) is 4.30. The maximum absolute atomic E-state index is 11.6. The first-order chi connectivity index (χ1) is 6.70. The maximum Gasteiger partial charge on any atom is 0.240 e. The van der Waals surface area contributed by atoms with Gasteiger partial charge in [0, 0.05) is 12.6 Å². The van der Waals surface area contributed by atoms with Crippen LogP contribution in [0.5, 0.6) is 0 Å². The zero-order chi connectivity index (χ0) is 10.1. The molecule has 0 aliphatic carbocycles. The van der Waals surface area contributed by atoms with E-state index < -0.39 is 11.8 Å². The molecule has 0 saturated carbocycles. The summed E-state index contributed by atoms with van der Waals surface area (Å²) in [7, 11) is 0. The summed E-state index contributed by atoms with van der Waals surface area (Å²) in [6.07, 6.45) is 2.04. The molecule has 0 spiro atoms. The van der Waals surface area contributed by atoms with Crippen LogP contribution in [0.25, 0.3) is 0 Å². The number of carbonyl (C=O) groups excluding carboxylic acids is 2. The molecule has 2 rings (SSSR count). The van der Waals surface area contributed by atoms with Crippen LogP contribution in [-0.2, 0) is 9.59 Å². The van der Waals surface area contributed by atoms with Gasteiger partial charge < -0.3 is 5.73 Å². The van der Waals surface area contributed by atoms with Crippen LogP contribution < -0.4 is 10.6 Å². The van der Waals surface area contributed by atoms with Gasteiger partial charge >= 0.3 is 0 Å². The van der Waals surface area contributed by atoms with Crippen LogP contribution in [0, 0.1) is 5.92 Å². The van der Waals surface area contributed by atoms with Gasteiger partial charge in [-0.05, 0) is 6.42 Å². The highest BCUT2D eigenvalue weighted by Crippen LogP contribution is 2.22. The summed E-state index contributed by atoms with van der Waals surface area (Å²) in [5.41, 5.74) is 5.09. The van der Waals surface area contributed by atoms with Gasteiger partial charge in [0.15, 0.2) is 0 Å². The summed E-state index contributed by atoms with van der Waals surface area (Å²) in [5.74, 6) is -0.879. The Hall–Kier alpha value is -1.85. The van der Waals surface area contributed by atoms with Gasteiger partial charge in [-0.2, -0.15) is 5.10 Å². The first-order valence-electron chi connectivity index (χ1n) is 4.30. The van der Waals surface area contributed by atoms with Crippen molar-refractivity contribution in [3.05, 3.63) is 12.3 Å². The van der Waals surface area contributed by atoms with Crippen LogP contribution in [0.1, 0.15) is 6.42 Å². The number of anilines is 1. The van der Waals surface area contributed by atoms with E-state index in [0.29, 0.717) is 18.8 Å². The average molecular weight is 194 g/mol. The predicted octanol–water partition coefficient (Wildman–Crippen LogP) is -0.752. The molecule has 1 fully saturated rings. The lowest BCUT2D eigenvalue weighted by atomic mass is 10.1. The van der Waals surface area contributed by atoms with Crippen LogP contribution in [0.4, 0.5) is 5.82 Å². The fraction of sp³-hybridized carbons (Fsp3) is 0.375. The third-order valence-electron chi connectivity index (χ3n) is 2.33. The van der Waals surface area contributed by atoms with Gasteiger partial charge in [0.05, 0.1) is 6.20 Å². The predicted molar refractivity (Wildman–Crippen MR) is 48.2 cm³/mol. The minimum atomic E-state index is -0.682. The molecule has 0 aromatic carbocycles. The van der Waals surface area contributed by atoms with Gasteiger partial charge in [-0.25, -0.2) is 0 Å². The number of hydrogen-bond donors (Lipinski definition) is 2. The van der Waals surface area contributed by atoms with Crippen LogP contribution in [-0.4, -0.2) is 28.6 Å². The SMILES string of the molecule is NC(=O)C1CCN(c2ccn[nH]2)C1=O. The molecule has 6 nitrogen and oxygen atoms in total. The van der Waals surface area contributed by atoms with E-state index in [0.717, 1.165) is 0 Å². The third-order valence-corrected chi connectivity index (χ3v) is 2.33. The monoisotopic (exact) mass is 194 g/mol. The number of nitrogens with two attached hydrogens (primary N) is 1. The van der Waals surface area contributed by atoms with E-state index in [1.54, 1.807) is 12.3 Å². The summed E-state index contributed by atoms with van der Waals surface area (Å²) in [6.45, 7) is 0.509. The van der Waals surface area contributed by atoms with Gasteiger partial charge in [0.2, 0.25) is 11.8 Å². The van der Waals surface area contributed by atoms with Crippen LogP contribution in [0.3, 0.4) is 0 Å². The summed E-state index contributed by atoms with van der Waals surface area (Å²) >= 11 is 0. The lowest BCUT2D eigenvalue weighted by molar-refractivity contribution is -0.130. The Balaban J connectivity index is 2.19. The Bertz CT molecular complexity index is 359. The Morgan fingerprint density at radius 1 is 1.71 bits per heavy atom. The Kier molecular flexibility index (Phi) is 1.95. The lowest BCUT2D eigenvalue weighted by Crippen LogP contribution is -2.33. The zero-order valence-electron chi connectivity index (χ0n) is 7.43. The number of carbonyl (C=O) groups is 2. The summed E-state index contributed by atoms with van der Waals surface area (Å²) in [6, 6.07) is 1.68. The highest BCUT2D eigenvalue weighted by molar-refractivity contribution is 6.08. The second-order valence-corrected chi connectivity index (χ2v) is 3.18. The molecule has 1 saturated heterocycles. The minimum Gasteiger partial charge on any atom is -0.369 e. The number of amides is 2. The number of nitrogens with zero attached hydrogens (tertiary/aromatic N) is 2. The topological polar surface area (TPSA) is 92.1 Å². The molecular weight excluding hydrogens is 184 g/mol. The van der Waals surface area contributed by atoms with Gasteiger partial charge in [-0.3, -0.25) is 19.6 Å². The van der Waals surface area contributed by atoms with E-state index in [9.17, 15) is 9.59 Å². The highest BCUT2D eigenvalue weighted by Gasteiger charge is 2.36. The maximum atomic E-state index is 11.6. The minimum absolute atomic E-state index is 0.248. The van der Waals surface area contributed by atoms with E-state index in [2.05, 4.69) is 10.2 Å². The van der Waals surface area contributed by atoms with E-state index >= 15 is 0 Å². The van der Waals surface area contributed by atoms with Crippen molar-refractivity contribution in [3.63, 3.8) is 0 Å². The van der Waals surface area contributed by atoms with Gasteiger partial charge in [-0.15, -0.1) is 0 Å². The number of rotatable bonds is 2. The summed E-state index contributed by atoms with van der Waals surface area (Å²) in [5, 5.41) is 6.41. The van der Waals surface area contributed by atoms with Crippen molar-refractivity contribution in [2.45, 2.75) is 6.42 Å². The van der Waals surface area contributed by atoms with E-state index in [4.69, 9.17) is 5.73 Å². The van der Waals surface area contributed by atoms with Gasteiger partial charge in [0.25, 0.3) is 0 Å². The largest absolute Gasteiger partial charge is 0.369 e. The van der Waals surface area contributed by atoms with E-state index in [1.165, 1.54) is 4.90 Å².